The van der Waals surface area contributed by atoms with Crippen molar-refractivity contribution in [3.63, 3.8) is 0 Å². The van der Waals surface area contributed by atoms with Crippen molar-refractivity contribution in [2.24, 2.45) is 0 Å². The molecule has 0 atom stereocenters. The molecule has 2 heterocycles. The topological polar surface area (TPSA) is 94.1 Å². The van der Waals surface area contributed by atoms with Crippen LogP contribution in [0.1, 0.15) is 11.7 Å². The molecule has 11 heteroatoms. The van der Waals surface area contributed by atoms with Crippen molar-refractivity contribution >= 4 is 16.9 Å². The number of hydrogen-bond acceptors (Lipinski definition) is 6. The molecule has 0 unspecified atom stereocenters. The highest BCUT2D eigenvalue weighted by atomic mass is 19.4. The summed E-state index contributed by atoms with van der Waals surface area (Å²) in [5, 5.41) is 2.83. The van der Waals surface area contributed by atoms with Crippen LogP contribution in [0.3, 0.4) is 0 Å². The Balaban J connectivity index is 1.77. The molecule has 0 aliphatic rings. The molecule has 0 bridgehead atoms. The van der Waals surface area contributed by atoms with Crippen LogP contribution in [0.2, 0.25) is 0 Å². The highest BCUT2D eigenvalue weighted by Gasteiger charge is 2.37. The molecule has 26 heavy (non-hydrogen) atoms. The van der Waals surface area contributed by atoms with E-state index in [4.69, 9.17) is 0 Å². The average molecular weight is 367 g/mol. The maximum absolute atomic E-state index is 12.5. The molecular weight excluding hydrogens is 355 g/mol. The Kier molecular flexibility index (Phi) is 4.45. The molecule has 3 aromatic rings. The Morgan fingerprint density at radius 2 is 2.04 bits per heavy atom. The smallest absolute Gasteiger partial charge is 0.337 e. The lowest BCUT2D eigenvalue weighted by Gasteiger charge is -2.16. The Morgan fingerprint density at radius 1 is 1.31 bits per heavy atom. The summed E-state index contributed by atoms with van der Waals surface area (Å²) in [6.45, 7) is -0.627. The van der Waals surface area contributed by atoms with Gasteiger partial charge in [0.15, 0.2) is 0 Å². The van der Waals surface area contributed by atoms with Gasteiger partial charge in [0, 0.05) is 7.05 Å². The fourth-order valence-corrected chi connectivity index (χ4v) is 2.26. The van der Waals surface area contributed by atoms with Crippen LogP contribution < -0.4 is 5.56 Å². The molecule has 0 N–H and O–H groups in total. The number of nitrogens with zero attached hydrogens (tertiary/aromatic N) is 5. The summed E-state index contributed by atoms with van der Waals surface area (Å²) in [4.78, 5) is 32.7. The first-order valence-corrected chi connectivity index (χ1v) is 7.34. The number of amides is 1. The van der Waals surface area contributed by atoms with Crippen LogP contribution in [0.4, 0.5) is 13.2 Å². The molecule has 0 spiro atoms. The van der Waals surface area contributed by atoms with E-state index in [1.807, 2.05) is 0 Å². The average Bonchev–Trinajstić information content (AvgIpc) is 3.06. The molecule has 8 nitrogen and oxygen atoms in total. The third-order valence-electron chi connectivity index (χ3n) is 3.57. The fourth-order valence-electron chi connectivity index (χ4n) is 2.26. The van der Waals surface area contributed by atoms with Crippen molar-refractivity contribution in [3.8, 4) is 0 Å². The Bertz CT molecular complexity index is 1010. The van der Waals surface area contributed by atoms with Gasteiger partial charge in [-0.05, 0) is 12.1 Å². The highest BCUT2D eigenvalue weighted by Crippen LogP contribution is 2.26. The van der Waals surface area contributed by atoms with Crippen molar-refractivity contribution in [1.29, 1.82) is 0 Å². The van der Waals surface area contributed by atoms with Crippen molar-refractivity contribution in [1.82, 2.24) is 24.6 Å². The lowest BCUT2D eigenvalue weighted by atomic mass is 10.3. The zero-order valence-electron chi connectivity index (χ0n) is 13.4. The van der Waals surface area contributed by atoms with Crippen LogP contribution in [-0.4, -0.2) is 37.5 Å². The minimum absolute atomic E-state index is 0.307. The molecule has 3 rings (SSSR count). The van der Waals surface area contributed by atoms with Crippen LogP contribution in [0.15, 0.2) is 39.8 Å². The number of rotatable bonds is 4. The molecule has 1 amide bonds. The first-order valence-electron chi connectivity index (χ1n) is 7.34. The number of aromatic nitrogens is 4. The molecule has 0 saturated carbocycles. The minimum Gasteiger partial charge on any atom is -0.337 e. The Morgan fingerprint density at radius 3 is 2.73 bits per heavy atom. The van der Waals surface area contributed by atoms with E-state index < -0.39 is 23.5 Å². The number of fused-ring (bicyclic) bond motifs is 1. The monoisotopic (exact) mass is 367 g/mol. The Labute approximate surface area is 143 Å². The molecule has 1 aromatic carbocycles. The van der Waals surface area contributed by atoms with E-state index in [1.165, 1.54) is 11.6 Å². The zero-order chi connectivity index (χ0) is 18.9. The molecule has 136 valence electrons. The van der Waals surface area contributed by atoms with Gasteiger partial charge < -0.3 is 9.42 Å². The second-order valence-electron chi connectivity index (χ2n) is 5.43. The van der Waals surface area contributed by atoms with Gasteiger partial charge in [0.2, 0.25) is 11.8 Å². The van der Waals surface area contributed by atoms with Crippen LogP contribution >= 0.6 is 0 Å². The number of hydrogen-bond donors (Lipinski definition) is 0. The standard InChI is InChI=1S/C15H12F3N5O3/c1-22(7-11-20-14(21-26-11)15(16,17)18)13(25)8-23-10-5-3-2-4-9(10)19-6-12(23)24/h2-6H,7-8H2,1H3. The predicted molar refractivity (Wildman–Crippen MR) is 81.8 cm³/mol. The van der Waals surface area contributed by atoms with Gasteiger partial charge in [-0.3, -0.25) is 14.2 Å². The van der Waals surface area contributed by atoms with Gasteiger partial charge in [-0.15, -0.1) is 0 Å². The summed E-state index contributed by atoms with van der Waals surface area (Å²) in [6.07, 6.45) is -3.63. The molecule has 0 aliphatic carbocycles. The van der Waals surface area contributed by atoms with Gasteiger partial charge in [0.25, 0.3) is 11.4 Å². The largest absolute Gasteiger partial charge is 0.455 e. The lowest BCUT2D eigenvalue weighted by Crippen LogP contribution is -2.33. The normalized spacial score (nSPS) is 11.7. The summed E-state index contributed by atoms with van der Waals surface area (Å²) >= 11 is 0. The minimum atomic E-state index is -4.73. The molecular formula is C15H12F3N5O3. The van der Waals surface area contributed by atoms with E-state index in [9.17, 15) is 22.8 Å². The maximum atomic E-state index is 12.5. The summed E-state index contributed by atoms with van der Waals surface area (Å²) in [5.74, 6) is -2.29. The predicted octanol–water partition coefficient (Wildman–Crippen LogP) is 1.46. The number of benzene rings is 1. The number of alkyl halides is 3. The van der Waals surface area contributed by atoms with E-state index in [-0.39, 0.29) is 19.0 Å². The molecule has 0 saturated heterocycles. The number of likely N-dealkylation sites (N-methyl/N-ethyl adjacent to an activating group) is 1. The second-order valence-corrected chi connectivity index (χ2v) is 5.43. The number of para-hydroxylation sites is 2. The van der Waals surface area contributed by atoms with Gasteiger partial charge >= 0.3 is 6.18 Å². The van der Waals surface area contributed by atoms with E-state index in [1.54, 1.807) is 24.3 Å². The van der Waals surface area contributed by atoms with Crippen molar-refractivity contribution < 1.29 is 22.5 Å². The SMILES string of the molecule is CN(Cc1nc(C(F)(F)F)no1)C(=O)Cn1c(=O)cnc2ccccc21. The zero-order valence-corrected chi connectivity index (χ0v) is 13.4. The van der Waals surface area contributed by atoms with E-state index in [2.05, 4.69) is 19.6 Å². The van der Waals surface area contributed by atoms with E-state index in [0.29, 0.717) is 11.0 Å². The van der Waals surface area contributed by atoms with Crippen LogP contribution in [-0.2, 0) is 24.1 Å². The van der Waals surface area contributed by atoms with Crippen LogP contribution in [0, 0.1) is 0 Å². The van der Waals surface area contributed by atoms with Crippen LogP contribution in [0.5, 0.6) is 0 Å². The molecule has 2 aromatic heterocycles. The summed E-state index contributed by atoms with van der Waals surface area (Å²) < 4.78 is 43.1. The van der Waals surface area contributed by atoms with E-state index >= 15 is 0 Å². The first-order chi connectivity index (χ1) is 12.3. The molecule has 0 radical (unpaired) electrons. The van der Waals surface area contributed by atoms with Gasteiger partial charge in [0.1, 0.15) is 6.54 Å². The highest BCUT2D eigenvalue weighted by molar-refractivity contribution is 5.79. The summed E-state index contributed by atoms with van der Waals surface area (Å²) in [6, 6.07) is 6.78. The van der Waals surface area contributed by atoms with Gasteiger partial charge in [-0.2, -0.15) is 18.2 Å². The summed E-state index contributed by atoms with van der Waals surface area (Å²) in [7, 11) is 1.36. The fraction of sp³-hybridized carbons (Fsp3) is 0.267. The number of carbonyl (C=O) groups excluding carboxylic acids is 1. The van der Waals surface area contributed by atoms with Gasteiger partial charge in [0.05, 0.1) is 23.8 Å². The number of carbonyl (C=O) groups is 1. The third kappa shape index (κ3) is 3.55. The van der Waals surface area contributed by atoms with Crippen LogP contribution in [0.25, 0.3) is 11.0 Å². The van der Waals surface area contributed by atoms with Crippen molar-refractivity contribution in [3.05, 3.63) is 52.5 Å². The summed E-state index contributed by atoms with van der Waals surface area (Å²) in [5.41, 5.74) is 0.538. The quantitative estimate of drug-likeness (QED) is 0.693. The van der Waals surface area contributed by atoms with E-state index in [0.717, 1.165) is 11.1 Å². The first kappa shape index (κ1) is 17.6. The number of halogens is 3. The van der Waals surface area contributed by atoms with Gasteiger partial charge in [-0.25, -0.2) is 4.98 Å². The maximum Gasteiger partial charge on any atom is 0.455 e. The molecule has 0 aliphatic heterocycles. The van der Waals surface area contributed by atoms with Gasteiger partial charge in [-0.1, -0.05) is 17.3 Å². The third-order valence-corrected chi connectivity index (χ3v) is 3.57. The van der Waals surface area contributed by atoms with Crippen molar-refractivity contribution in [2.45, 2.75) is 19.3 Å². The Hall–Kier alpha value is -3.24. The molecule has 0 fully saturated rings. The van der Waals surface area contributed by atoms with Crippen molar-refractivity contribution in [2.75, 3.05) is 7.05 Å². The lowest BCUT2D eigenvalue weighted by molar-refractivity contribution is -0.146. The second kappa shape index (κ2) is 6.58.